The zero-order valence-corrected chi connectivity index (χ0v) is 17.8. The van der Waals surface area contributed by atoms with Crippen LogP contribution in [-0.2, 0) is 4.74 Å². The number of aliphatic imine (C=N–C) groups is 1. The number of aromatic hydroxyl groups is 1. The third kappa shape index (κ3) is 3.76. The number of ether oxygens (including phenoxy) is 1. The molecule has 3 aromatic rings. The van der Waals surface area contributed by atoms with E-state index in [-0.39, 0.29) is 18.8 Å². The number of anilines is 1. The Balaban J connectivity index is 1.55. The van der Waals surface area contributed by atoms with Crippen LogP contribution in [0.3, 0.4) is 0 Å². The maximum absolute atomic E-state index is 13.2. The van der Waals surface area contributed by atoms with Crippen molar-refractivity contribution in [1.82, 2.24) is 9.88 Å². The number of H-pyrrole nitrogens is 1. The number of carbonyl (C=O) groups is 1. The molecule has 5 rings (SSSR count). The second-order valence-corrected chi connectivity index (χ2v) is 8.40. The first-order valence-corrected chi connectivity index (χ1v) is 10.9. The second-order valence-electron chi connectivity index (χ2n) is 7.32. The summed E-state index contributed by atoms with van der Waals surface area (Å²) in [4.78, 5) is 36.2. The number of amidine groups is 1. The van der Waals surface area contributed by atoms with Crippen molar-refractivity contribution in [2.24, 2.45) is 4.99 Å². The Bertz CT molecular complexity index is 1270. The molecule has 1 amide bonds. The summed E-state index contributed by atoms with van der Waals surface area (Å²) in [6, 6.07) is 17.1. The number of hydrogen-bond donors (Lipinski definition) is 3. The van der Waals surface area contributed by atoms with Crippen LogP contribution in [0.5, 0.6) is 5.75 Å². The number of amides is 1. The number of carbonyl (C=O) groups excluding carboxylic acids is 1. The van der Waals surface area contributed by atoms with Crippen molar-refractivity contribution in [1.29, 1.82) is 0 Å². The zero-order chi connectivity index (χ0) is 22.1. The summed E-state index contributed by atoms with van der Waals surface area (Å²) in [7, 11) is 0. The molecule has 2 aliphatic rings. The molecule has 0 saturated carbocycles. The van der Waals surface area contributed by atoms with Crippen LogP contribution >= 0.6 is 11.8 Å². The second kappa shape index (κ2) is 8.52. The zero-order valence-electron chi connectivity index (χ0n) is 16.9. The van der Waals surface area contributed by atoms with E-state index in [2.05, 4.69) is 10.3 Å². The summed E-state index contributed by atoms with van der Waals surface area (Å²) in [5.74, 6) is -0.481. The van der Waals surface area contributed by atoms with E-state index >= 15 is 0 Å². The standard InChI is InChI=1S/C23H20N4O4S/c28-16-9-10-24-20(21(16)29)23(30)27-11-12-31-13-19(27)26-22-14-5-1-3-7-17(14)32-18-8-4-2-6-15(18)25-22/h1-10,19,29H,11-13H2,(H,24,28)(H,25,26). The van der Waals surface area contributed by atoms with Gasteiger partial charge in [-0.15, -0.1) is 0 Å². The molecule has 2 aliphatic heterocycles. The van der Waals surface area contributed by atoms with Crippen molar-refractivity contribution in [2.75, 3.05) is 25.1 Å². The van der Waals surface area contributed by atoms with Gasteiger partial charge < -0.3 is 25.0 Å². The predicted octanol–water partition coefficient (Wildman–Crippen LogP) is 2.90. The van der Waals surface area contributed by atoms with Crippen molar-refractivity contribution in [3.05, 3.63) is 82.3 Å². The maximum atomic E-state index is 13.2. The smallest absolute Gasteiger partial charge is 0.276 e. The number of rotatable bonds is 2. The van der Waals surface area contributed by atoms with Crippen LogP contribution in [-0.4, -0.2) is 52.7 Å². The predicted molar refractivity (Wildman–Crippen MR) is 122 cm³/mol. The molecule has 3 heterocycles. The number of pyridine rings is 1. The maximum Gasteiger partial charge on any atom is 0.276 e. The van der Waals surface area contributed by atoms with Crippen LogP contribution in [0.4, 0.5) is 5.69 Å². The lowest BCUT2D eigenvalue weighted by atomic mass is 10.2. The fourth-order valence-corrected chi connectivity index (χ4v) is 4.72. The van der Waals surface area contributed by atoms with E-state index < -0.39 is 23.3 Å². The summed E-state index contributed by atoms with van der Waals surface area (Å²) in [6.45, 7) is 0.822. The number of benzene rings is 2. The molecular formula is C23H20N4O4S. The molecule has 0 bridgehead atoms. The van der Waals surface area contributed by atoms with Crippen molar-refractivity contribution in [2.45, 2.75) is 16.0 Å². The minimum absolute atomic E-state index is 0.153. The van der Waals surface area contributed by atoms with Gasteiger partial charge in [0, 0.05) is 34.2 Å². The molecule has 0 spiro atoms. The average molecular weight is 449 g/mol. The van der Waals surface area contributed by atoms with Crippen molar-refractivity contribution < 1.29 is 14.6 Å². The summed E-state index contributed by atoms with van der Waals surface area (Å²) in [6.07, 6.45) is 0.707. The number of aromatic amines is 1. The molecule has 1 fully saturated rings. The van der Waals surface area contributed by atoms with Crippen molar-refractivity contribution in [3.8, 4) is 5.75 Å². The van der Waals surface area contributed by atoms with Gasteiger partial charge in [0.1, 0.15) is 12.0 Å². The first-order valence-electron chi connectivity index (χ1n) is 10.1. The first-order chi connectivity index (χ1) is 15.6. The Morgan fingerprint density at radius 1 is 1.12 bits per heavy atom. The van der Waals surface area contributed by atoms with E-state index in [1.165, 1.54) is 17.2 Å². The molecule has 0 radical (unpaired) electrons. The monoisotopic (exact) mass is 448 g/mol. The minimum Gasteiger partial charge on any atom is -0.503 e. The number of fused-ring (bicyclic) bond motifs is 2. The Kier molecular flexibility index (Phi) is 5.42. The van der Waals surface area contributed by atoms with Crippen LogP contribution in [0.25, 0.3) is 0 Å². The molecule has 1 saturated heterocycles. The van der Waals surface area contributed by atoms with E-state index in [0.29, 0.717) is 12.4 Å². The van der Waals surface area contributed by atoms with Crippen LogP contribution in [0, 0.1) is 0 Å². The normalized spacial score (nSPS) is 18.9. The van der Waals surface area contributed by atoms with Crippen LogP contribution in [0.2, 0.25) is 0 Å². The van der Waals surface area contributed by atoms with Gasteiger partial charge in [0.05, 0.1) is 18.9 Å². The molecule has 162 valence electrons. The number of aromatic nitrogens is 1. The molecular weight excluding hydrogens is 428 g/mol. The van der Waals surface area contributed by atoms with Gasteiger partial charge in [0.2, 0.25) is 5.43 Å². The fourth-order valence-electron chi connectivity index (χ4n) is 3.69. The number of hydrogen-bond acceptors (Lipinski definition) is 6. The van der Waals surface area contributed by atoms with Gasteiger partial charge in [0.25, 0.3) is 5.91 Å². The highest BCUT2D eigenvalue weighted by molar-refractivity contribution is 7.99. The van der Waals surface area contributed by atoms with E-state index in [1.807, 2.05) is 48.5 Å². The minimum atomic E-state index is -0.634. The van der Waals surface area contributed by atoms with Gasteiger partial charge in [-0.1, -0.05) is 42.1 Å². The molecule has 2 aromatic carbocycles. The Morgan fingerprint density at radius 3 is 2.78 bits per heavy atom. The summed E-state index contributed by atoms with van der Waals surface area (Å²) in [5, 5.41) is 13.5. The highest BCUT2D eigenvalue weighted by Gasteiger charge is 2.31. The van der Waals surface area contributed by atoms with E-state index in [4.69, 9.17) is 9.73 Å². The quantitative estimate of drug-likeness (QED) is 0.557. The van der Waals surface area contributed by atoms with Gasteiger partial charge in [-0.25, -0.2) is 4.99 Å². The lowest BCUT2D eigenvalue weighted by Gasteiger charge is -2.33. The third-order valence-electron chi connectivity index (χ3n) is 5.29. The Labute approximate surface area is 188 Å². The lowest BCUT2D eigenvalue weighted by molar-refractivity contribution is 0.000399. The molecule has 9 heteroatoms. The van der Waals surface area contributed by atoms with Crippen molar-refractivity contribution in [3.63, 3.8) is 0 Å². The SMILES string of the molecule is O=C(c1[nH]ccc(=O)c1O)N1CCOCC1N=C1Nc2ccccc2Sc2ccccc21. The Morgan fingerprint density at radius 2 is 1.91 bits per heavy atom. The van der Waals surface area contributed by atoms with E-state index in [9.17, 15) is 14.7 Å². The van der Waals surface area contributed by atoms with Gasteiger partial charge in [-0.3, -0.25) is 9.59 Å². The fraction of sp³-hybridized carbons (Fsp3) is 0.174. The molecule has 0 aliphatic carbocycles. The van der Waals surface area contributed by atoms with Gasteiger partial charge in [-0.2, -0.15) is 0 Å². The van der Waals surface area contributed by atoms with Gasteiger partial charge in [-0.05, 0) is 18.2 Å². The summed E-state index contributed by atoms with van der Waals surface area (Å²) >= 11 is 1.65. The third-order valence-corrected chi connectivity index (χ3v) is 6.44. The number of nitrogens with one attached hydrogen (secondary N) is 2. The molecule has 32 heavy (non-hydrogen) atoms. The van der Waals surface area contributed by atoms with Crippen LogP contribution in [0.1, 0.15) is 16.1 Å². The number of para-hydroxylation sites is 1. The summed E-state index contributed by atoms with van der Waals surface area (Å²) in [5.41, 5.74) is 1.07. The van der Waals surface area contributed by atoms with E-state index in [1.54, 1.807) is 11.8 Å². The Hall–Kier alpha value is -3.56. The van der Waals surface area contributed by atoms with E-state index in [0.717, 1.165) is 21.0 Å². The molecule has 1 aromatic heterocycles. The lowest BCUT2D eigenvalue weighted by Crippen LogP contribution is -2.48. The summed E-state index contributed by atoms with van der Waals surface area (Å²) < 4.78 is 5.61. The average Bonchev–Trinajstić information content (AvgIpc) is 2.97. The molecule has 1 unspecified atom stereocenters. The highest BCUT2D eigenvalue weighted by Crippen LogP contribution is 2.38. The largest absolute Gasteiger partial charge is 0.503 e. The number of nitrogens with zero attached hydrogens (tertiary/aromatic N) is 2. The topological polar surface area (TPSA) is 107 Å². The van der Waals surface area contributed by atoms with Gasteiger partial charge in [0.15, 0.2) is 11.4 Å². The highest BCUT2D eigenvalue weighted by atomic mass is 32.2. The first kappa shape index (κ1) is 20.3. The van der Waals surface area contributed by atoms with Crippen LogP contribution in [0.15, 0.2) is 80.4 Å². The molecule has 8 nitrogen and oxygen atoms in total. The van der Waals surface area contributed by atoms with Crippen molar-refractivity contribution >= 4 is 29.2 Å². The van der Waals surface area contributed by atoms with Crippen LogP contribution < -0.4 is 10.7 Å². The number of morpholine rings is 1. The molecule has 3 N–H and O–H groups in total. The molecule has 1 atom stereocenters. The van der Waals surface area contributed by atoms with Gasteiger partial charge >= 0.3 is 0 Å².